The number of carbonyl (C=O) groups is 1. The molecule has 0 unspecified atom stereocenters. The van der Waals surface area contributed by atoms with Gasteiger partial charge in [0.1, 0.15) is 5.75 Å². The summed E-state index contributed by atoms with van der Waals surface area (Å²) in [6.45, 7) is 6.62. The van der Waals surface area contributed by atoms with Gasteiger partial charge in [-0.3, -0.25) is 0 Å². The number of aromatic hydroxyl groups is 1. The Kier molecular flexibility index (Phi) is 6.24. The standard InChI is InChI=1S/C22H28O3/c1-4-5-6-7-13-22(2,3)18-11-12-19(20(23)15-18)16-9-8-10-17(14-16)21(24)25/h8-12,14-15,23H,4-7,13H2,1-3H3,(H,24,25). The molecule has 2 N–H and O–H groups in total. The second-order valence-corrected chi connectivity index (χ2v) is 7.31. The summed E-state index contributed by atoms with van der Waals surface area (Å²) >= 11 is 0. The molecule has 0 radical (unpaired) electrons. The van der Waals surface area contributed by atoms with Crippen molar-refractivity contribution in [2.75, 3.05) is 0 Å². The molecule has 0 bridgehead atoms. The number of hydrogen-bond donors (Lipinski definition) is 2. The van der Waals surface area contributed by atoms with Gasteiger partial charge in [0, 0.05) is 5.56 Å². The number of carboxylic acids is 1. The molecule has 0 amide bonds. The lowest BCUT2D eigenvalue weighted by molar-refractivity contribution is 0.0697. The predicted octanol–water partition coefficient (Wildman–Crippen LogP) is 6.01. The molecule has 0 aliphatic heterocycles. The zero-order valence-corrected chi connectivity index (χ0v) is 15.4. The molecule has 0 saturated heterocycles. The summed E-state index contributed by atoms with van der Waals surface area (Å²) in [7, 11) is 0. The molecular formula is C22H28O3. The SMILES string of the molecule is CCCCCCC(C)(C)c1ccc(-c2cccc(C(=O)O)c2)c(O)c1. The topological polar surface area (TPSA) is 57.5 Å². The number of phenolic OH excluding ortho intramolecular Hbond substituents is 1. The van der Waals surface area contributed by atoms with E-state index in [1.165, 1.54) is 25.7 Å². The molecule has 0 fully saturated rings. The molecule has 3 heteroatoms. The normalized spacial score (nSPS) is 11.5. The molecule has 0 saturated carbocycles. The highest BCUT2D eigenvalue weighted by molar-refractivity contribution is 5.89. The third-order valence-electron chi connectivity index (χ3n) is 4.86. The summed E-state index contributed by atoms with van der Waals surface area (Å²) in [5, 5.41) is 19.6. The molecule has 0 spiro atoms. The third kappa shape index (κ3) is 4.85. The molecule has 25 heavy (non-hydrogen) atoms. The molecule has 0 aliphatic rings. The van der Waals surface area contributed by atoms with Crippen molar-refractivity contribution >= 4 is 5.97 Å². The van der Waals surface area contributed by atoms with Crippen molar-refractivity contribution in [3.8, 4) is 16.9 Å². The Morgan fingerprint density at radius 3 is 2.44 bits per heavy atom. The zero-order valence-electron chi connectivity index (χ0n) is 15.4. The largest absolute Gasteiger partial charge is 0.507 e. The smallest absolute Gasteiger partial charge is 0.335 e. The van der Waals surface area contributed by atoms with Gasteiger partial charge in [0.2, 0.25) is 0 Å². The minimum Gasteiger partial charge on any atom is -0.507 e. The van der Waals surface area contributed by atoms with Crippen LogP contribution in [0.4, 0.5) is 0 Å². The first-order chi connectivity index (χ1) is 11.8. The van der Waals surface area contributed by atoms with Crippen LogP contribution in [-0.2, 0) is 5.41 Å². The van der Waals surface area contributed by atoms with Gasteiger partial charge in [0.25, 0.3) is 0 Å². The van der Waals surface area contributed by atoms with Crippen LogP contribution in [0, 0.1) is 0 Å². The van der Waals surface area contributed by atoms with Crippen molar-refractivity contribution in [2.45, 2.75) is 58.3 Å². The molecule has 2 aromatic carbocycles. The molecular weight excluding hydrogens is 312 g/mol. The zero-order chi connectivity index (χ0) is 18.4. The molecule has 0 aromatic heterocycles. The Bertz CT molecular complexity index is 732. The Morgan fingerprint density at radius 1 is 1.04 bits per heavy atom. The van der Waals surface area contributed by atoms with Crippen molar-refractivity contribution in [1.82, 2.24) is 0 Å². The van der Waals surface area contributed by atoms with Gasteiger partial charge in [0.15, 0.2) is 0 Å². The molecule has 134 valence electrons. The Labute approximate surface area is 150 Å². The first-order valence-corrected chi connectivity index (χ1v) is 9.02. The molecule has 0 heterocycles. The van der Waals surface area contributed by atoms with E-state index in [0.717, 1.165) is 12.0 Å². The number of benzene rings is 2. The summed E-state index contributed by atoms with van der Waals surface area (Å²) in [4.78, 5) is 11.1. The van der Waals surface area contributed by atoms with Crippen molar-refractivity contribution in [3.63, 3.8) is 0 Å². The van der Waals surface area contributed by atoms with Gasteiger partial charge in [-0.1, -0.05) is 70.7 Å². The monoisotopic (exact) mass is 340 g/mol. The van der Waals surface area contributed by atoms with Crippen LogP contribution in [0.5, 0.6) is 5.75 Å². The van der Waals surface area contributed by atoms with Crippen LogP contribution in [-0.4, -0.2) is 16.2 Å². The Balaban J connectivity index is 2.23. The number of carboxylic acid groups (broad SMARTS) is 1. The first-order valence-electron chi connectivity index (χ1n) is 9.02. The van der Waals surface area contributed by atoms with Gasteiger partial charge < -0.3 is 10.2 Å². The van der Waals surface area contributed by atoms with E-state index >= 15 is 0 Å². The van der Waals surface area contributed by atoms with E-state index in [1.54, 1.807) is 18.2 Å². The fourth-order valence-electron chi connectivity index (χ4n) is 3.15. The van der Waals surface area contributed by atoms with Crippen LogP contribution >= 0.6 is 0 Å². The van der Waals surface area contributed by atoms with Gasteiger partial charge >= 0.3 is 5.97 Å². The molecule has 0 atom stereocenters. The Hall–Kier alpha value is -2.29. The molecule has 3 nitrogen and oxygen atoms in total. The quantitative estimate of drug-likeness (QED) is 0.579. The number of unbranched alkanes of at least 4 members (excludes halogenated alkanes) is 3. The summed E-state index contributed by atoms with van der Waals surface area (Å²) in [5.74, 6) is -0.771. The minimum atomic E-state index is -0.967. The lowest BCUT2D eigenvalue weighted by Gasteiger charge is -2.26. The Morgan fingerprint density at radius 2 is 1.80 bits per heavy atom. The van der Waals surface area contributed by atoms with Crippen LogP contribution < -0.4 is 0 Å². The van der Waals surface area contributed by atoms with E-state index in [4.69, 9.17) is 5.11 Å². The lowest BCUT2D eigenvalue weighted by atomic mass is 9.79. The number of phenols is 1. The average Bonchev–Trinajstić information content (AvgIpc) is 2.58. The van der Waals surface area contributed by atoms with Crippen LogP contribution in [0.15, 0.2) is 42.5 Å². The summed E-state index contributed by atoms with van der Waals surface area (Å²) in [6.07, 6.45) is 6.00. The number of aromatic carboxylic acids is 1. The summed E-state index contributed by atoms with van der Waals surface area (Å²) in [6, 6.07) is 12.4. The van der Waals surface area contributed by atoms with Gasteiger partial charge in [-0.2, -0.15) is 0 Å². The maximum Gasteiger partial charge on any atom is 0.335 e. The third-order valence-corrected chi connectivity index (χ3v) is 4.86. The van der Waals surface area contributed by atoms with Gasteiger partial charge in [-0.05, 0) is 41.2 Å². The maximum absolute atomic E-state index is 11.1. The van der Waals surface area contributed by atoms with Crippen molar-refractivity contribution in [1.29, 1.82) is 0 Å². The van der Waals surface area contributed by atoms with E-state index < -0.39 is 5.97 Å². The fraction of sp³-hybridized carbons (Fsp3) is 0.409. The average molecular weight is 340 g/mol. The van der Waals surface area contributed by atoms with E-state index in [9.17, 15) is 9.90 Å². The number of hydrogen-bond acceptors (Lipinski definition) is 2. The first kappa shape index (κ1) is 19.0. The fourth-order valence-corrected chi connectivity index (χ4v) is 3.15. The van der Waals surface area contributed by atoms with E-state index in [2.05, 4.69) is 20.8 Å². The van der Waals surface area contributed by atoms with E-state index in [0.29, 0.717) is 11.1 Å². The van der Waals surface area contributed by atoms with Crippen LogP contribution in [0.1, 0.15) is 68.8 Å². The van der Waals surface area contributed by atoms with Gasteiger partial charge in [-0.25, -0.2) is 4.79 Å². The van der Waals surface area contributed by atoms with Gasteiger partial charge in [-0.15, -0.1) is 0 Å². The molecule has 2 rings (SSSR count). The van der Waals surface area contributed by atoms with Gasteiger partial charge in [0.05, 0.1) is 5.56 Å². The van der Waals surface area contributed by atoms with Crippen LogP contribution in [0.25, 0.3) is 11.1 Å². The van der Waals surface area contributed by atoms with E-state index in [1.807, 2.05) is 24.3 Å². The van der Waals surface area contributed by atoms with Crippen LogP contribution in [0.2, 0.25) is 0 Å². The predicted molar refractivity (Wildman–Crippen MR) is 102 cm³/mol. The number of rotatable bonds is 8. The highest BCUT2D eigenvalue weighted by atomic mass is 16.4. The summed E-state index contributed by atoms with van der Waals surface area (Å²) < 4.78 is 0. The van der Waals surface area contributed by atoms with Crippen LogP contribution in [0.3, 0.4) is 0 Å². The minimum absolute atomic E-state index is 0.00661. The summed E-state index contributed by atoms with van der Waals surface area (Å²) in [5.41, 5.74) is 2.71. The van der Waals surface area contributed by atoms with Crippen molar-refractivity contribution in [3.05, 3.63) is 53.6 Å². The molecule has 2 aromatic rings. The second-order valence-electron chi connectivity index (χ2n) is 7.31. The maximum atomic E-state index is 11.1. The highest BCUT2D eigenvalue weighted by Gasteiger charge is 2.21. The molecule has 0 aliphatic carbocycles. The highest BCUT2D eigenvalue weighted by Crippen LogP contribution is 2.36. The van der Waals surface area contributed by atoms with Crippen molar-refractivity contribution < 1.29 is 15.0 Å². The van der Waals surface area contributed by atoms with E-state index in [-0.39, 0.29) is 16.7 Å². The van der Waals surface area contributed by atoms with Crippen molar-refractivity contribution in [2.24, 2.45) is 0 Å². The lowest BCUT2D eigenvalue weighted by Crippen LogP contribution is -2.16. The second kappa shape index (κ2) is 8.19.